The zero-order chi connectivity index (χ0) is 13.5. The molecule has 1 N–H and O–H groups in total. The van der Waals surface area contributed by atoms with E-state index in [0.717, 1.165) is 19.4 Å². The Morgan fingerprint density at radius 2 is 1.39 bits per heavy atom. The van der Waals surface area contributed by atoms with Crippen LogP contribution in [0.4, 0.5) is 0 Å². The van der Waals surface area contributed by atoms with Crippen LogP contribution in [0.25, 0.3) is 0 Å². The van der Waals surface area contributed by atoms with Crippen LogP contribution in [-0.4, -0.2) is 52.1 Å². The number of amides is 1. The molecule has 0 spiro atoms. The van der Waals surface area contributed by atoms with Crippen molar-refractivity contribution < 1.29 is 19.0 Å². The first-order valence-corrected chi connectivity index (χ1v) is 6.81. The Labute approximate surface area is 110 Å². The van der Waals surface area contributed by atoms with Gasteiger partial charge in [0, 0.05) is 19.6 Å². The fraction of sp³-hybridized carbons (Fsp3) is 0.923. The monoisotopic (exact) mass is 261 g/mol. The molecule has 0 fully saturated rings. The number of nitrogens with one attached hydrogen (secondary N) is 1. The third-order valence-corrected chi connectivity index (χ3v) is 2.14. The minimum atomic E-state index is 0.0884. The summed E-state index contributed by atoms with van der Waals surface area (Å²) in [6, 6.07) is 0. The van der Waals surface area contributed by atoms with E-state index in [-0.39, 0.29) is 5.91 Å². The fourth-order valence-electron chi connectivity index (χ4n) is 1.26. The molecule has 5 heteroatoms. The lowest BCUT2D eigenvalue weighted by Gasteiger charge is -2.07. The summed E-state index contributed by atoms with van der Waals surface area (Å²) in [5.74, 6) is 0.0884. The maximum Gasteiger partial charge on any atom is 0.220 e. The zero-order valence-corrected chi connectivity index (χ0v) is 11.7. The topological polar surface area (TPSA) is 56.8 Å². The first-order valence-electron chi connectivity index (χ1n) is 6.81. The molecular formula is C13H27NO4. The molecule has 1 amide bonds. The quantitative estimate of drug-likeness (QED) is 0.509. The third kappa shape index (κ3) is 13.4. The summed E-state index contributed by atoms with van der Waals surface area (Å²) >= 11 is 0. The zero-order valence-electron chi connectivity index (χ0n) is 11.7. The van der Waals surface area contributed by atoms with Gasteiger partial charge in [-0.05, 0) is 12.8 Å². The highest BCUT2D eigenvalue weighted by Crippen LogP contribution is 1.85. The van der Waals surface area contributed by atoms with Crippen LogP contribution in [-0.2, 0) is 19.0 Å². The van der Waals surface area contributed by atoms with Crippen LogP contribution in [0.2, 0.25) is 0 Å². The van der Waals surface area contributed by atoms with Crippen molar-refractivity contribution in [3.8, 4) is 0 Å². The number of rotatable bonds is 13. The molecule has 5 nitrogen and oxygen atoms in total. The average molecular weight is 261 g/mol. The maximum atomic E-state index is 11.1. The molecule has 0 radical (unpaired) electrons. The number of hydrogen-bond donors (Lipinski definition) is 1. The maximum absolute atomic E-state index is 11.1. The van der Waals surface area contributed by atoms with E-state index in [4.69, 9.17) is 14.2 Å². The second-order valence-electron chi connectivity index (χ2n) is 3.94. The number of carbonyl (C=O) groups is 1. The van der Waals surface area contributed by atoms with Gasteiger partial charge in [0.05, 0.1) is 33.0 Å². The Balaban J connectivity index is 3.01. The van der Waals surface area contributed by atoms with E-state index in [9.17, 15) is 4.79 Å². The number of carbonyl (C=O) groups excluding carboxylic acids is 1. The molecule has 0 rings (SSSR count). The first kappa shape index (κ1) is 17.4. The van der Waals surface area contributed by atoms with Crippen LogP contribution < -0.4 is 5.32 Å². The summed E-state index contributed by atoms with van der Waals surface area (Å²) in [5.41, 5.74) is 0. The summed E-state index contributed by atoms with van der Waals surface area (Å²) < 4.78 is 15.9. The second-order valence-corrected chi connectivity index (χ2v) is 3.94. The summed E-state index contributed by atoms with van der Waals surface area (Å²) in [5, 5.41) is 2.78. The van der Waals surface area contributed by atoms with Crippen LogP contribution >= 0.6 is 0 Å². The molecule has 0 aromatic heterocycles. The Morgan fingerprint density at radius 1 is 0.833 bits per heavy atom. The van der Waals surface area contributed by atoms with Crippen molar-refractivity contribution in [2.75, 3.05) is 46.2 Å². The molecule has 0 unspecified atom stereocenters. The molecule has 108 valence electrons. The summed E-state index contributed by atoms with van der Waals surface area (Å²) in [6.45, 7) is 8.32. The molecule has 0 saturated heterocycles. The lowest BCUT2D eigenvalue weighted by molar-refractivity contribution is -0.121. The molecule has 0 saturated carbocycles. The van der Waals surface area contributed by atoms with Crippen molar-refractivity contribution in [3.63, 3.8) is 0 Å². The molecule has 0 bridgehead atoms. The predicted molar refractivity (Wildman–Crippen MR) is 70.7 cm³/mol. The highest BCUT2D eigenvalue weighted by Gasteiger charge is 1.97. The summed E-state index contributed by atoms with van der Waals surface area (Å²) in [6.07, 6.45) is 2.49. The second kappa shape index (κ2) is 14.4. The van der Waals surface area contributed by atoms with Crippen LogP contribution in [0.1, 0.15) is 33.1 Å². The fourth-order valence-corrected chi connectivity index (χ4v) is 1.26. The van der Waals surface area contributed by atoms with Crippen molar-refractivity contribution in [1.29, 1.82) is 0 Å². The van der Waals surface area contributed by atoms with Gasteiger partial charge in [0.2, 0.25) is 5.91 Å². The SMILES string of the molecule is CCCOCCOCCOCCNC(=O)CCC. The van der Waals surface area contributed by atoms with Crippen molar-refractivity contribution >= 4 is 5.91 Å². The van der Waals surface area contributed by atoms with Crippen LogP contribution in [0.15, 0.2) is 0 Å². The van der Waals surface area contributed by atoms with Gasteiger partial charge >= 0.3 is 0 Å². The minimum Gasteiger partial charge on any atom is -0.379 e. The van der Waals surface area contributed by atoms with Gasteiger partial charge in [-0.1, -0.05) is 13.8 Å². The smallest absolute Gasteiger partial charge is 0.220 e. The van der Waals surface area contributed by atoms with E-state index in [0.29, 0.717) is 46.0 Å². The molecule has 0 aliphatic rings. The van der Waals surface area contributed by atoms with Crippen molar-refractivity contribution in [2.24, 2.45) is 0 Å². The van der Waals surface area contributed by atoms with Gasteiger partial charge < -0.3 is 19.5 Å². The van der Waals surface area contributed by atoms with Crippen LogP contribution in [0, 0.1) is 0 Å². The van der Waals surface area contributed by atoms with E-state index < -0.39 is 0 Å². The van der Waals surface area contributed by atoms with Crippen molar-refractivity contribution in [3.05, 3.63) is 0 Å². The predicted octanol–water partition coefficient (Wildman–Crippen LogP) is 1.36. The van der Waals surface area contributed by atoms with E-state index >= 15 is 0 Å². The molecular weight excluding hydrogens is 234 g/mol. The Morgan fingerprint density at radius 3 is 1.94 bits per heavy atom. The molecule has 0 atom stereocenters. The molecule has 0 aromatic rings. The summed E-state index contributed by atoms with van der Waals surface area (Å²) in [7, 11) is 0. The Bertz CT molecular complexity index is 188. The normalized spacial score (nSPS) is 10.6. The minimum absolute atomic E-state index is 0.0884. The number of ether oxygens (including phenoxy) is 3. The van der Waals surface area contributed by atoms with Gasteiger partial charge in [0.15, 0.2) is 0 Å². The Hall–Kier alpha value is -0.650. The van der Waals surface area contributed by atoms with Crippen LogP contribution in [0.3, 0.4) is 0 Å². The van der Waals surface area contributed by atoms with Gasteiger partial charge in [0.1, 0.15) is 0 Å². The lowest BCUT2D eigenvalue weighted by Crippen LogP contribution is -2.27. The van der Waals surface area contributed by atoms with E-state index in [1.807, 2.05) is 6.92 Å². The van der Waals surface area contributed by atoms with Crippen molar-refractivity contribution in [1.82, 2.24) is 5.32 Å². The van der Waals surface area contributed by atoms with E-state index in [1.54, 1.807) is 0 Å². The van der Waals surface area contributed by atoms with Gasteiger partial charge in [-0.2, -0.15) is 0 Å². The highest BCUT2D eigenvalue weighted by molar-refractivity contribution is 5.75. The van der Waals surface area contributed by atoms with Gasteiger partial charge in [-0.15, -0.1) is 0 Å². The Kier molecular flexibility index (Phi) is 13.9. The van der Waals surface area contributed by atoms with E-state index in [1.165, 1.54) is 0 Å². The molecule has 0 aromatic carbocycles. The molecule has 18 heavy (non-hydrogen) atoms. The number of hydrogen-bond acceptors (Lipinski definition) is 4. The molecule has 0 heterocycles. The average Bonchev–Trinajstić information content (AvgIpc) is 2.36. The standard InChI is InChI=1S/C13H27NO4/c1-3-5-13(15)14-6-8-17-10-12-18-11-9-16-7-4-2/h3-12H2,1-2H3,(H,14,15). The molecule has 0 aliphatic carbocycles. The first-order chi connectivity index (χ1) is 8.81. The third-order valence-electron chi connectivity index (χ3n) is 2.14. The largest absolute Gasteiger partial charge is 0.379 e. The van der Waals surface area contributed by atoms with Crippen molar-refractivity contribution in [2.45, 2.75) is 33.1 Å². The highest BCUT2D eigenvalue weighted by atomic mass is 16.5. The molecule has 0 aliphatic heterocycles. The van der Waals surface area contributed by atoms with Gasteiger partial charge in [-0.3, -0.25) is 4.79 Å². The van der Waals surface area contributed by atoms with Gasteiger partial charge in [-0.25, -0.2) is 0 Å². The van der Waals surface area contributed by atoms with E-state index in [2.05, 4.69) is 12.2 Å². The van der Waals surface area contributed by atoms with Gasteiger partial charge in [0.25, 0.3) is 0 Å². The van der Waals surface area contributed by atoms with Crippen LogP contribution in [0.5, 0.6) is 0 Å². The summed E-state index contributed by atoms with van der Waals surface area (Å²) in [4.78, 5) is 11.1. The lowest BCUT2D eigenvalue weighted by atomic mass is 10.3.